The van der Waals surface area contributed by atoms with Crippen LogP contribution in [0.3, 0.4) is 0 Å². The molecule has 5 heteroatoms. The molecule has 0 amide bonds. The Balaban J connectivity index is 2.02. The van der Waals surface area contributed by atoms with E-state index in [1.807, 2.05) is 30.5 Å². The van der Waals surface area contributed by atoms with Crippen molar-refractivity contribution in [3.63, 3.8) is 0 Å². The van der Waals surface area contributed by atoms with Crippen molar-refractivity contribution in [2.75, 3.05) is 19.5 Å². The maximum absolute atomic E-state index is 5.33. The summed E-state index contributed by atoms with van der Waals surface area (Å²) in [6.07, 6.45) is 2.70. The number of ether oxygens (including phenoxy) is 2. The summed E-state index contributed by atoms with van der Waals surface area (Å²) in [6.45, 7) is 2.14. The SMILES string of the molecule is COc1ccc(CC(C)Nc2ccc(Br)nc2)cc1OC. The molecule has 0 aliphatic rings. The molecule has 1 unspecified atom stereocenters. The first-order chi connectivity index (χ1) is 10.1. The summed E-state index contributed by atoms with van der Waals surface area (Å²) >= 11 is 3.33. The zero-order chi connectivity index (χ0) is 15.2. The first-order valence-electron chi connectivity index (χ1n) is 6.71. The zero-order valence-corrected chi connectivity index (χ0v) is 14.0. The fourth-order valence-electron chi connectivity index (χ4n) is 2.16. The van der Waals surface area contributed by atoms with Crippen molar-refractivity contribution < 1.29 is 9.47 Å². The lowest BCUT2D eigenvalue weighted by molar-refractivity contribution is 0.354. The van der Waals surface area contributed by atoms with E-state index < -0.39 is 0 Å². The van der Waals surface area contributed by atoms with Crippen molar-refractivity contribution in [1.82, 2.24) is 4.98 Å². The maximum atomic E-state index is 5.33. The van der Waals surface area contributed by atoms with Gasteiger partial charge in [-0.2, -0.15) is 0 Å². The fraction of sp³-hybridized carbons (Fsp3) is 0.312. The van der Waals surface area contributed by atoms with Crippen molar-refractivity contribution in [2.24, 2.45) is 0 Å². The molecule has 0 saturated heterocycles. The highest BCUT2D eigenvalue weighted by Gasteiger charge is 2.08. The van der Waals surface area contributed by atoms with Crippen molar-refractivity contribution in [3.8, 4) is 11.5 Å². The summed E-state index contributed by atoms with van der Waals surface area (Å²) in [6, 6.07) is 10.2. The second-order valence-corrected chi connectivity index (χ2v) is 5.62. The first kappa shape index (κ1) is 15.6. The summed E-state index contributed by atoms with van der Waals surface area (Å²) in [4.78, 5) is 4.21. The topological polar surface area (TPSA) is 43.4 Å². The molecule has 0 aliphatic carbocycles. The molecule has 112 valence electrons. The number of hydrogen-bond acceptors (Lipinski definition) is 4. The molecular weight excluding hydrogens is 332 g/mol. The second-order valence-electron chi connectivity index (χ2n) is 4.81. The summed E-state index contributed by atoms with van der Waals surface area (Å²) < 4.78 is 11.4. The Hall–Kier alpha value is -1.75. The third-order valence-corrected chi connectivity index (χ3v) is 3.60. The van der Waals surface area contributed by atoms with Gasteiger partial charge in [0.05, 0.1) is 26.1 Å². The van der Waals surface area contributed by atoms with Gasteiger partial charge in [-0.3, -0.25) is 0 Å². The Morgan fingerprint density at radius 3 is 2.52 bits per heavy atom. The molecule has 0 spiro atoms. The van der Waals surface area contributed by atoms with Crippen LogP contribution < -0.4 is 14.8 Å². The third kappa shape index (κ3) is 4.36. The van der Waals surface area contributed by atoms with E-state index in [1.54, 1.807) is 14.2 Å². The van der Waals surface area contributed by atoms with Gasteiger partial charge in [0, 0.05) is 6.04 Å². The van der Waals surface area contributed by atoms with Crippen LogP contribution in [0.25, 0.3) is 0 Å². The average molecular weight is 351 g/mol. The molecule has 2 aromatic rings. The number of halogens is 1. The molecular formula is C16H19BrN2O2. The predicted octanol–water partition coefficient (Wildman–Crippen LogP) is 3.90. The molecule has 1 atom stereocenters. The Morgan fingerprint density at radius 2 is 1.90 bits per heavy atom. The molecule has 2 rings (SSSR count). The molecule has 0 saturated carbocycles. The minimum atomic E-state index is 0.283. The van der Waals surface area contributed by atoms with Gasteiger partial charge in [-0.15, -0.1) is 0 Å². The lowest BCUT2D eigenvalue weighted by atomic mass is 10.1. The van der Waals surface area contributed by atoms with Gasteiger partial charge in [0.15, 0.2) is 11.5 Å². The van der Waals surface area contributed by atoms with Crippen molar-refractivity contribution >= 4 is 21.6 Å². The van der Waals surface area contributed by atoms with Gasteiger partial charge < -0.3 is 14.8 Å². The van der Waals surface area contributed by atoms with E-state index in [4.69, 9.17) is 9.47 Å². The largest absolute Gasteiger partial charge is 0.493 e. The minimum absolute atomic E-state index is 0.283. The van der Waals surface area contributed by atoms with Gasteiger partial charge >= 0.3 is 0 Å². The van der Waals surface area contributed by atoms with E-state index in [1.165, 1.54) is 5.56 Å². The number of benzene rings is 1. The van der Waals surface area contributed by atoms with Gasteiger partial charge in [0.2, 0.25) is 0 Å². The van der Waals surface area contributed by atoms with Crippen LogP contribution in [0.5, 0.6) is 11.5 Å². The van der Waals surface area contributed by atoms with Crippen molar-refractivity contribution in [3.05, 3.63) is 46.7 Å². The highest BCUT2D eigenvalue weighted by molar-refractivity contribution is 9.10. The van der Waals surface area contributed by atoms with Gasteiger partial charge in [0.25, 0.3) is 0 Å². The highest BCUT2D eigenvalue weighted by atomic mass is 79.9. The van der Waals surface area contributed by atoms with Crippen LogP contribution in [-0.2, 0) is 6.42 Å². The zero-order valence-electron chi connectivity index (χ0n) is 12.4. The number of nitrogens with zero attached hydrogens (tertiary/aromatic N) is 1. The van der Waals surface area contributed by atoms with E-state index in [-0.39, 0.29) is 6.04 Å². The number of rotatable bonds is 6. The van der Waals surface area contributed by atoms with Crippen LogP contribution in [-0.4, -0.2) is 25.2 Å². The molecule has 21 heavy (non-hydrogen) atoms. The Kier molecular flexibility index (Phi) is 5.44. The number of aromatic nitrogens is 1. The standard InChI is InChI=1S/C16H19BrN2O2/c1-11(19-13-5-7-16(17)18-10-13)8-12-4-6-14(20-2)15(9-12)21-3/h4-7,9-11,19H,8H2,1-3H3. The maximum Gasteiger partial charge on any atom is 0.160 e. The van der Waals surface area contributed by atoms with Crippen molar-refractivity contribution in [1.29, 1.82) is 0 Å². The first-order valence-corrected chi connectivity index (χ1v) is 7.50. The Labute approximate surface area is 133 Å². The molecule has 1 aromatic heterocycles. The molecule has 4 nitrogen and oxygen atoms in total. The van der Waals surface area contributed by atoms with Crippen LogP contribution in [0, 0.1) is 0 Å². The fourth-order valence-corrected chi connectivity index (χ4v) is 2.39. The number of methoxy groups -OCH3 is 2. The van der Waals surface area contributed by atoms with Gasteiger partial charge in [-0.1, -0.05) is 6.07 Å². The van der Waals surface area contributed by atoms with Crippen LogP contribution in [0.4, 0.5) is 5.69 Å². The quantitative estimate of drug-likeness (QED) is 0.802. The number of hydrogen-bond donors (Lipinski definition) is 1. The van der Waals surface area contributed by atoms with E-state index in [0.29, 0.717) is 0 Å². The molecule has 0 bridgehead atoms. The van der Waals surface area contributed by atoms with E-state index in [0.717, 1.165) is 28.2 Å². The number of nitrogens with one attached hydrogen (secondary N) is 1. The predicted molar refractivity (Wildman–Crippen MR) is 88.3 cm³/mol. The second kappa shape index (κ2) is 7.31. The van der Waals surface area contributed by atoms with E-state index >= 15 is 0 Å². The summed E-state index contributed by atoms with van der Waals surface area (Å²) in [7, 11) is 3.29. The lowest BCUT2D eigenvalue weighted by Gasteiger charge is -2.16. The lowest BCUT2D eigenvalue weighted by Crippen LogP contribution is -2.18. The Bertz CT molecular complexity index is 587. The molecule has 1 N–H and O–H groups in total. The summed E-state index contributed by atoms with van der Waals surface area (Å²) in [5, 5.41) is 3.43. The van der Waals surface area contributed by atoms with Crippen LogP contribution in [0.15, 0.2) is 41.1 Å². The molecule has 1 heterocycles. The molecule has 0 radical (unpaired) electrons. The van der Waals surface area contributed by atoms with Gasteiger partial charge in [0.1, 0.15) is 4.60 Å². The number of anilines is 1. The molecule has 0 aliphatic heterocycles. The van der Waals surface area contributed by atoms with E-state index in [2.05, 4.69) is 39.2 Å². The highest BCUT2D eigenvalue weighted by Crippen LogP contribution is 2.28. The third-order valence-electron chi connectivity index (χ3n) is 3.13. The van der Waals surface area contributed by atoms with Crippen LogP contribution >= 0.6 is 15.9 Å². The minimum Gasteiger partial charge on any atom is -0.493 e. The molecule has 0 fully saturated rings. The smallest absolute Gasteiger partial charge is 0.160 e. The van der Waals surface area contributed by atoms with E-state index in [9.17, 15) is 0 Å². The average Bonchev–Trinajstić information content (AvgIpc) is 2.49. The van der Waals surface area contributed by atoms with Crippen molar-refractivity contribution in [2.45, 2.75) is 19.4 Å². The monoisotopic (exact) mass is 350 g/mol. The van der Waals surface area contributed by atoms with Crippen LogP contribution in [0.1, 0.15) is 12.5 Å². The summed E-state index contributed by atoms with van der Waals surface area (Å²) in [5.41, 5.74) is 2.20. The van der Waals surface area contributed by atoms with Crippen LogP contribution in [0.2, 0.25) is 0 Å². The van der Waals surface area contributed by atoms with Gasteiger partial charge in [-0.25, -0.2) is 4.98 Å². The normalized spacial score (nSPS) is 11.8. The Morgan fingerprint density at radius 1 is 1.14 bits per heavy atom. The van der Waals surface area contributed by atoms with Gasteiger partial charge in [-0.05, 0) is 59.1 Å². The number of pyridine rings is 1. The molecule has 1 aromatic carbocycles. The summed E-state index contributed by atoms with van der Waals surface area (Å²) in [5.74, 6) is 1.51.